The summed E-state index contributed by atoms with van der Waals surface area (Å²) in [6.07, 6.45) is 6.85. The van der Waals surface area contributed by atoms with Crippen LogP contribution < -0.4 is 0 Å². The van der Waals surface area contributed by atoms with Gasteiger partial charge in [0.1, 0.15) is 0 Å². The van der Waals surface area contributed by atoms with Crippen molar-refractivity contribution in [2.75, 3.05) is 0 Å². The molecule has 104 valence electrons. The lowest BCUT2D eigenvalue weighted by Crippen LogP contribution is -2.12. The van der Waals surface area contributed by atoms with Crippen LogP contribution in [0.2, 0.25) is 0 Å². The van der Waals surface area contributed by atoms with Gasteiger partial charge in [0.05, 0.1) is 0 Å². The number of carbonyl (C=O) groups is 1. The molecule has 1 aliphatic rings. The fourth-order valence-corrected chi connectivity index (χ4v) is 2.68. The minimum Gasteiger partial charge on any atom is -0.289 e. The Morgan fingerprint density at radius 3 is 1.52 bits per heavy atom. The molecule has 0 bridgehead atoms. The molecule has 1 nitrogen and oxygen atoms in total. The maximum Gasteiger partial charge on any atom is 0.185 e. The number of allylic oxidation sites excluding steroid dienone is 2. The molecular weight excluding hydrogens is 256 g/mol. The molecule has 0 atom stereocenters. The van der Waals surface area contributed by atoms with E-state index in [0.717, 1.165) is 41.5 Å². The predicted octanol–water partition coefficient (Wildman–Crippen LogP) is 4.91. The van der Waals surface area contributed by atoms with Gasteiger partial charge in [-0.2, -0.15) is 0 Å². The van der Waals surface area contributed by atoms with E-state index in [-0.39, 0.29) is 5.78 Å². The summed E-state index contributed by atoms with van der Waals surface area (Å²) in [5.41, 5.74) is 4.05. The van der Waals surface area contributed by atoms with Crippen molar-refractivity contribution in [3.63, 3.8) is 0 Å². The minimum atomic E-state index is 0.203. The van der Waals surface area contributed by atoms with Crippen molar-refractivity contribution in [2.45, 2.75) is 19.3 Å². The number of hydrogen-bond donors (Lipinski definition) is 0. The van der Waals surface area contributed by atoms with Crippen molar-refractivity contribution in [3.05, 3.63) is 82.9 Å². The molecule has 0 spiro atoms. The van der Waals surface area contributed by atoms with Gasteiger partial charge in [-0.05, 0) is 42.5 Å². The molecule has 0 N–H and O–H groups in total. The van der Waals surface area contributed by atoms with E-state index < -0.39 is 0 Å². The summed E-state index contributed by atoms with van der Waals surface area (Å²) in [5, 5.41) is 0. The smallest absolute Gasteiger partial charge is 0.185 e. The quantitative estimate of drug-likeness (QED) is 0.711. The van der Waals surface area contributed by atoms with E-state index in [9.17, 15) is 4.79 Å². The lowest BCUT2D eigenvalue weighted by molar-refractivity contribution is -0.112. The third-order valence-corrected chi connectivity index (χ3v) is 3.76. The Labute approximate surface area is 125 Å². The summed E-state index contributed by atoms with van der Waals surface area (Å²) in [5.74, 6) is 0.203. The SMILES string of the molecule is O=C1/C(=C/c2ccccc2)CCC/C1=C\c1ccccc1. The van der Waals surface area contributed by atoms with Crippen molar-refractivity contribution in [1.82, 2.24) is 0 Å². The number of Topliss-reactive ketones (excluding diaryl/α,β-unsaturated/α-hetero) is 1. The number of benzene rings is 2. The largest absolute Gasteiger partial charge is 0.289 e. The molecule has 1 saturated carbocycles. The summed E-state index contributed by atoms with van der Waals surface area (Å²) >= 11 is 0. The molecule has 1 heteroatoms. The fraction of sp³-hybridized carbons (Fsp3) is 0.150. The summed E-state index contributed by atoms with van der Waals surface area (Å²) < 4.78 is 0. The standard InChI is InChI=1S/C20H18O/c21-20-18(14-16-8-3-1-4-9-16)12-7-13-19(20)15-17-10-5-2-6-11-17/h1-6,8-11,14-15H,7,12-13H2/b18-14+,19-15+. The second kappa shape index (κ2) is 6.36. The first-order valence-corrected chi connectivity index (χ1v) is 7.39. The topological polar surface area (TPSA) is 17.1 Å². The van der Waals surface area contributed by atoms with Crippen LogP contribution in [-0.2, 0) is 4.79 Å². The number of carbonyl (C=O) groups excluding carboxylic acids is 1. The molecule has 1 fully saturated rings. The molecule has 21 heavy (non-hydrogen) atoms. The van der Waals surface area contributed by atoms with E-state index in [1.807, 2.05) is 72.8 Å². The van der Waals surface area contributed by atoms with Crippen LogP contribution in [0.25, 0.3) is 12.2 Å². The van der Waals surface area contributed by atoms with Crippen molar-refractivity contribution in [1.29, 1.82) is 0 Å². The summed E-state index contributed by atoms with van der Waals surface area (Å²) in [4.78, 5) is 12.6. The molecule has 2 aromatic carbocycles. The van der Waals surface area contributed by atoms with Gasteiger partial charge in [0.25, 0.3) is 0 Å². The first-order valence-electron chi connectivity index (χ1n) is 7.39. The summed E-state index contributed by atoms with van der Waals surface area (Å²) in [7, 11) is 0. The molecule has 0 unspecified atom stereocenters. The fourth-order valence-electron chi connectivity index (χ4n) is 2.68. The van der Waals surface area contributed by atoms with Crippen LogP contribution in [0.15, 0.2) is 71.8 Å². The molecule has 0 radical (unpaired) electrons. The van der Waals surface area contributed by atoms with Gasteiger partial charge in [-0.1, -0.05) is 60.7 Å². The molecule has 0 heterocycles. The first-order chi connectivity index (χ1) is 10.3. The molecule has 3 rings (SSSR count). The second-order valence-electron chi connectivity index (χ2n) is 5.34. The monoisotopic (exact) mass is 274 g/mol. The Morgan fingerprint density at radius 1 is 0.667 bits per heavy atom. The van der Waals surface area contributed by atoms with Crippen LogP contribution in [0.4, 0.5) is 0 Å². The van der Waals surface area contributed by atoms with E-state index in [2.05, 4.69) is 0 Å². The summed E-state index contributed by atoms with van der Waals surface area (Å²) in [6.45, 7) is 0. The zero-order chi connectivity index (χ0) is 14.5. The maximum absolute atomic E-state index is 12.6. The highest BCUT2D eigenvalue weighted by Crippen LogP contribution is 2.27. The highest BCUT2D eigenvalue weighted by molar-refractivity contribution is 6.13. The minimum absolute atomic E-state index is 0.203. The lowest BCUT2D eigenvalue weighted by atomic mass is 9.87. The zero-order valence-corrected chi connectivity index (χ0v) is 12.0. The van der Waals surface area contributed by atoms with Gasteiger partial charge < -0.3 is 0 Å². The van der Waals surface area contributed by atoms with E-state index in [1.165, 1.54) is 0 Å². The molecular formula is C20H18O. The normalized spacial score (nSPS) is 19.1. The van der Waals surface area contributed by atoms with Gasteiger partial charge in [-0.15, -0.1) is 0 Å². The van der Waals surface area contributed by atoms with Crippen molar-refractivity contribution in [2.24, 2.45) is 0 Å². The highest BCUT2D eigenvalue weighted by Gasteiger charge is 2.20. The van der Waals surface area contributed by atoms with E-state index in [1.54, 1.807) is 0 Å². The third-order valence-electron chi connectivity index (χ3n) is 3.76. The Morgan fingerprint density at radius 2 is 1.10 bits per heavy atom. The molecule has 2 aromatic rings. The van der Waals surface area contributed by atoms with Crippen molar-refractivity contribution < 1.29 is 4.79 Å². The van der Waals surface area contributed by atoms with Gasteiger partial charge in [0.15, 0.2) is 5.78 Å². The molecule has 0 amide bonds. The van der Waals surface area contributed by atoms with Gasteiger partial charge in [-0.3, -0.25) is 4.79 Å². The second-order valence-corrected chi connectivity index (χ2v) is 5.34. The van der Waals surface area contributed by atoms with Crippen LogP contribution >= 0.6 is 0 Å². The first kappa shape index (κ1) is 13.6. The van der Waals surface area contributed by atoms with Crippen LogP contribution in [0.3, 0.4) is 0 Å². The van der Waals surface area contributed by atoms with Crippen LogP contribution in [-0.4, -0.2) is 5.78 Å². The average Bonchev–Trinajstić information content (AvgIpc) is 2.53. The molecule has 0 aromatic heterocycles. The van der Waals surface area contributed by atoms with Gasteiger partial charge in [0.2, 0.25) is 0 Å². The Kier molecular flexibility index (Phi) is 4.11. The van der Waals surface area contributed by atoms with Crippen LogP contribution in [0.1, 0.15) is 30.4 Å². The van der Waals surface area contributed by atoms with Crippen LogP contribution in [0.5, 0.6) is 0 Å². The van der Waals surface area contributed by atoms with Crippen LogP contribution in [0, 0.1) is 0 Å². The summed E-state index contributed by atoms with van der Waals surface area (Å²) in [6, 6.07) is 20.1. The Bertz CT molecular complexity index is 619. The van der Waals surface area contributed by atoms with E-state index in [0.29, 0.717) is 0 Å². The number of ketones is 1. The third kappa shape index (κ3) is 3.38. The predicted molar refractivity (Wildman–Crippen MR) is 87.7 cm³/mol. The van der Waals surface area contributed by atoms with Gasteiger partial charge in [-0.25, -0.2) is 0 Å². The maximum atomic E-state index is 12.6. The van der Waals surface area contributed by atoms with E-state index in [4.69, 9.17) is 0 Å². The van der Waals surface area contributed by atoms with Gasteiger partial charge in [0, 0.05) is 11.1 Å². The van der Waals surface area contributed by atoms with Crippen molar-refractivity contribution in [3.8, 4) is 0 Å². The molecule has 1 aliphatic carbocycles. The van der Waals surface area contributed by atoms with Gasteiger partial charge >= 0.3 is 0 Å². The number of hydrogen-bond acceptors (Lipinski definition) is 1. The molecule has 0 saturated heterocycles. The van der Waals surface area contributed by atoms with E-state index >= 15 is 0 Å². The van der Waals surface area contributed by atoms with Crippen molar-refractivity contribution >= 4 is 17.9 Å². The molecule has 0 aliphatic heterocycles. The zero-order valence-electron chi connectivity index (χ0n) is 12.0. The highest BCUT2D eigenvalue weighted by atomic mass is 16.1. The lowest BCUT2D eigenvalue weighted by Gasteiger charge is -2.16. The average molecular weight is 274 g/mol. The Hall–Kier alpha value is -2.41. The number of rotatable bonds is 2. The Balaban J connectivity index is 1.88.